The third-order valence-electron chi connectivity index (χ3n) is 4.27. The lowest BCUT2D eigenvalue weighted by molar-refractivity contribution is -0.111. The van der Waals surface area contributed by atoms with E-state index < -0.39 is 23.4 Å². The highest BCUT2D eigenvalue weighted by Gasteiger charge is 2.17. The molecule has 5 N–H and O–H groups in total. The normalized spacial score (nSPS) is 10.6. The largest absolute Gasteiger partial charge is 0.382 e. The van der Waals surface area contributed by atoms with Gasteiger partial charge in [0.15, 0.2) is 5.82 Å². The van der Waals surface area contributed by atoms with E-state index in [1.807, 2.05) is 0 Å². The average Bonchev–Trinajstić information content (AvgIpc) is 3.04. The molecule has 1 aromatic heterocycles. The molecule has 0 atom stereocenters. The SMILES string of the molecule is C=CC(=O)Nc1cc(-n2cc(-c3ccc(C(N)=O)c(F)c3)c(N)n2)c(F)cc1C. The number of halogens is 2. The molecule has 3 rings (SSSR count). The highest BCUT2D eigenvalue weighted by molar-refractivity contribution is 5.99. The van der Waals surface area contributed by atoms with Crippen molar-refractivity contribution in [3.05, 3.63) is 71.9 Å². The Balaban J connectivity index is 2.06. The van der Waals surface area contributed by atoms with Crippen molar-refractivity contribution in [3.63, 3.8) is 0 Å². The van der Waals surface area contributed by atoms with Crippen LogP contribution in [0.1, 0.15) is 15.9 Å². The molecule has 0 radical (unpaired) electrons. The lowest BCUT2D eigenvalue weighted by atomic mass is 10.1. The van der Waals surface area contributed by atoms with E-state index in [0.29, 0.717) is 22.4 Å². The molecule has 2 amide bonds. The van der Waals surface area contributed by atoms with Gasteiger partial charge in [-0.25, -0.2) is 13.5 Å². The van der Waals surface area contributed by atoms with E-state index in [0.717, 1.165) is 12.1 Å². The molecule has 0 aliphatic rings. The summed E-state index contributed by atoms with van der Waals surface area (Å²) in [5.74, 6) is -2.72. The Morgan fingerprint density at radius 2 is 1.93 bits per heavy atom. The van der Waals surface area contributed by atoms with E-state index in [9.17, 15) is 18.4 Å². The van der Waals surface area contributed by atoms with Crippen LogP contribution < -0.4 is 16.8 Å². The average molecular weight is 397 g/mol. The van der Waals surface area contributed by atoms with Gasteiger partial charge in [0.2, 0.25) is 5.91 Å². The molecule has 0 aliphatic heterocycles. The fourth-order valence-corrected chi connectivity index (χ4v) is 2.77. The molecule has 9 heteroatoms. The number of nitrogen functional groups attached to an aromatic ring is 1. The summed E-state index contributed by atoms with van der Waals surface area (Å²) in [7, 11) is 0. The van der Waals surface area contributed by atoms with Crippen molar-refractivity contribution in [1.29, 1.82) is 0 Å². The summed E-state index contributed by atoms with van der Waals surface area (Å²) in [5, 5.41) is 6.67. The topological polar surface area (TPSA) is 116 Å². The van der Waals surface area contributed by atoms with Gasteiger partial charge in [-0.15, -0.1) is 5.10 Å². The highest BCUT2D eigenvalue weighted by atomic mass is 19.1. The van der Waals surface area contributed by atoms with E-state index in [2.05, 4.69) is 17.0 Å². The summed E-state index contributed by atoms with van der Waals surface area (Å²) in [4.78, 5) is 22.8. The van der Waals surface area contributed by atoms with Crippen LogP contribution in [0.2, 0.25) is 0 Å². The zero-order valence-electron chi connectivity index (χ0n) is 15.4. The minimum Gasteiger partial charge on any atom is -0.382 e. The lowest BCUT2D eigenvalue weighted by Crippen LogP contribution is -2.12. The number of anilines is 2. The summed E-state index contributed by atoms with van der Waals surface area (Å²) >= 11 is 0. The quantitative estimate of drug-likeness (QED) is 0.574. The van der Waals surface area contributed by atoms with Gasteiger partial charge in [-0.3, -0.25) is 9.59 Å². The van der Waals surface area contributed by atoms with Crippen molar-refractivity contribution in [2.24, 2.45) is 5.73 Å². The van der Waals surface area contributed by atoms with Crippen LogP contribution in [0.15, 0.2) is 49.2 Å². The molecule has 3 aromatic rings. The smallest absolute Gasteiger partial charge is 0.251 e. The summed E-state index contributed by atoms with van der Waals surface area (Å²) in [6.45, 7) is 5.01. The molecule has 0 spiro atoms. The van der Waals surface area contributed by atoms with Crippen LogP contribution in [-0.4, -0.2) is 21.6 Å². The Labute approximate surface area is 164 Å². The fraction of sp³-hybridized carbons (Fsp3) is 0.0500. The van der Waals surface area contributed by atoms with Crippen molar-refractivity contribution < 1.29 is 18.4 Å². The Bertz CT molecular complexity index is 1150. The maximum absolute atomic E-state index is 14.5. The van der Waals surface area contributed by atoms with Gasteiger partial charge in [0.05, 0.1) is 5.56 Å². The maximum Gasteiger partial charge on any atom is 0.251 e. The van der Waals surface area contributed by atoms with E-state index in [1.165, 1.54) is 35.1 Å². The standard InChI is InChI=1S/C20H17F2N5O2/c1-3-18(28)25-16-8-17(15(22)6-10(16)2)27-9-13(19(23)26-27)11-4-5-12(20(24)29)14(21)7-11/h3-9H,1H2,2H3,(H2,23,26)(H2,24,29)(H,25,28). The predicted molar refractivity (Wildman–Crippen MR) is 105 cm³/mol. The van der Waals surface area contributed by atoms with Gasteiger partial charge in [-0.2, -0.15) is 0 Å². The number of hydrogen-bond acceptors (Lipinski definition) is 4. The third-order valence-corrected chi connectivity index (χ3v) is 4.27. The number of hydrogen-bond donors (Lipinski definition) is 3. The number of aromatic nitrogens is 2. The molecule has 0 unspecified atom stereocenters. The van der Waals surface area contributed by atoms with Crippen LogP contribution in [0.5, 0.6) is 0 Å². The molecule has 0 aliphatic carbocycles. The maximum atomic E-state index is 14.5. The summed E-state index contributed by atoms with van der Waals surface area (Å²) in [6, 6.07) is 6.44. The number of carbonyl (C=O) groups excluding carboxylic acids is 2. The Hall–Kier alpha value is -4.01. The minimum atomic E-state index is -0.895. The van der Waals surface area contributed by atoms with Gasteiger partial charge in [-0.1, -0.05) is 12.6 Å². The molecule has 0 saturated carbocycles. The van der Waals surface area contributed by atoms with Crippen LogP contribution in [-0.2, 0) is 4.79 Å². The van der Waals surface area contributed by atoms with Crippen LogP contribution in [0.4, 0.5) is 20.3 Å². The summed E-state index contributed by atoms with van der Waals surface area (Å²) < 4.78 is 29.8. The molecule has 7 nitrogen and oxygen atoms in total. The molecule has 1 heterocycles. The molecular weight excluding hydrogens is 380 g/mol. The van der Waals surface area contributed by atoms with Gasteiger partial charge in [0, 0.05) is 17.4 Å². The Morgan fingerprint density at radius 3 is 2.55 bits per heavy atom. The Morgan fingerprint density at radius 1 is 1.21 bits per heavy atom. The van der Waals surface area contributed by atoms with E-state index >= 15 is 0 Å². The number of nitrogens with two attached hydrogens (primary N) is 2. The Kier molecular flexibility index (Phi) is 5.14. The molecule has 29 heavy (non-hydrogen) atoms. The number of benzene rings is 2. The molecule has 0 bridgehead atoms. The highest BCUT2D eigenvalue weighted by Crippen LogP contribution is 2.30. The van der Waals surface area contributed by atoms with Crippen molar-refractivity contribution >= 4 is 23.3 Å². The number of nitrogens with one attached hydrogen (secondary N) is 1. The van der Waals surface area contributed by atoms with Crippen molar-refractivity contribution in [2.45, 2.75) is 6.92 Å². The van der Waals surface area contributed by atoms with Gasteiger partial charge in [0.25, 0.3) is 5.91 Å². The van der Waals surface area contributed by atoms with Crippen LogP contribution in [0.25, 0.3) is 16.8 Å². The summed E-state index contributed by atoms with van der Waals surface area (Å²) in [5.41, 5.74) is 12.3. The van der Waals surface area contributed by atoms with Gasteiger partial charge in [-0.05, 0) is 48.4 Å². The van der Waals surface area contributed by atoms with Crippen LogP contribution >= 0.6 is 0 Å². The van der Waals surface area contributed by atoms with Crippen LogP contribution in [0, 0.1) is 18.6 Å². The fourth-order valence-electron chi connectivity index (χ4n) is 2.77. The van der Waals surface area contributed by atoms with Gasteiger partial charge in [0.1, 0.15) is 17.3 Å². The first-order valence-corrected chi connectivity index (χ1v) is 8.40. The number of nitrogens with zero attached hydrogens (tertiary/aromatic N) is 2. The second-order valence-corrected chi connectivity index (χ2v) is 6.24. The van der Waals surface area contributed by atoms with Crippen molar-refractivity contribution in [3.8, 4) is 16.8 Å². The minimum absolute atomic E-state index is 0.0212. The number of rotatable bonds is 5. The lowest BCUT2D eigenvalue weighted by Gasteiger charge is -2.10. The number of aryl methyl sites for hydroxylation is 1. The van der Waals surface area contributed by atoms with Gasteiger partial charge < -0.3 is 16.8 Å². The second-order valence-electron chi connectivity index (χ2n) is 6.24. The molecule has 0 fully saturated rings. The summed E-state index contributed by atoms with van der Waals surface area (Å²) in [6.07, 6.45) is 2.51. The molecule has 0 saturated heterocycles. The molecule has 148 valence electrons. The monoisotopic (exact) mass is 397 g/mol. The van der Waals surface area contributed by atoms with Crippen molar-refractivity contribution in [2.75, 3.05) is 11.1 Å². The molecular formula is C20H17F2N5O2. The van der Waals surface area contributed by atoms with Gasteiger partial charge >= 0.3 is 0 Å². The van der Waals surface area contributed by atoms with E-state index in [4.69, 9.17) is 11.5 Å². The number of primary amides is 1. The third kappa shape index (κ3) is 3.84. The van der Waals surface area contributed by atoms with Crippen molar-refractivity contribution in [1.82, 2.24) is 9.78 Å². The first-order chi connectivity index (χ1) is 13.7. The number of amides is 2. The number of carbonyl (C=O) groups is 2. The van der Waals surface area contributed by atoms with Crippen LogP contribution in [0.3, 0.4) is 0 Å². The zero-order chi connectivity index (χ0) is 21.3. The first-order valence-electron chi connectivity index (χ1n) is 8.40. The first kappa shape index (κ1) is 19.7. The zero-order valence-corrected chi connectivity index (χ0v) is 15.4. The second kappa shape index (κ2) is 7.55. The predicted octanol–water partition coefficient (Wildman–Crippen LogP) is 2.93. The van der Waals surface area contributed by atoms with E-state index in [1.54, 1.807) is 6.92 Å². The molecule has 2 aromatic carbocycles. The van der Waals surface area contributed by atoms with E-state index in [-0.39, 0.29) is 17.1 Å².